The number of benzene rings is 3. The van der Waals surface area contributed by atoms with Crippen LogP contribution in [0.4, 0.5) is 5.69 Å². The van der Waals surface area contributed by atoms with Gasteiger partial charge in [0.1, 0.15) is 18.3 Å². The lowest BCUT2D eigenvalue weighted by molar-refractivity contribution is -0.139. The van der Waals surface area contributed by atoms with E-state index < -0.39 is 28.5 Å². The van der Waals surface area contributed by atoms with Crippen LogP contribution in [-0.2, 0) is 26.2 Å². The van der Waals surface area contributed by atoms with Crippen molar-refractivity contribution in [2.24, 2.45) is 5.92 Å². The van der Waals surface area contributed by atoms with Crippen molar-refractivity contribution in [2.75, 3.05) is 24.5 Å². The highest BCUT2D eigenvalue weighted by Gasteiger charge is 2.32. The van der Waals surface area contributed by atoms with E-state index in [-0.39, 0.29) is 23.3 Å². The number of nitrogens with zero attached hydrogens (tertiary/aromatic N) is 2. The summed E-state index contributed by atoms with van der Waals surface area (Å²) in [4.78, 5) is 28.4. The molecule has 3 rings (SSSR count). The average Bonchev–Trinajstić information content (AvgIpc) is 2.95. The van der Waals surface area contributed by atoms with E-state index in [1.54, 1.807) is 61.5 Å². The molecule has 0 aliphatic heterocycles. The van der Waals surface area contributed by atoms with Crippen LogP contribution in [0.5, 0.6) is 5.75 Å². The van der Waals surface area contributed by atoms with Gasteiger partial charge in [-0.3, -0.25) is 13.9 Å². The quantitative estimate of drug-likeness (QED) is 0.281. The molecule has 0 aromatic heterocycles. The van der Waals surface area contributed by atoms with Crippen LogP contribution in [0.3, 0.4) is 0 Å². The van der Waals surface area contributed by atoms with Gasteiger partial charge in [0.15, 0.2) is 0 Å². The zero-order chi connectivity index (χ0) is 30.3. The number of methoxy groups -OCH3 is 1. The summed E-state index contributed by atoms with van der Waals surface area (Å²) in [7, 11) is -2.69. The maximum atomic E-state index is 14.0. The minimum atomic E-state index is -4.18. The Bertz CT molecular complexity index is 1460. The van der Waals surface area contributed by atoms with E-state index in [9.17, 15) is 18.0 Å². The molecule has 0 aliphatic rings. The molecule has 3 aromatic rings. The molecule has 0 bridgehead atoms. The van der Waals surface area contributed by atoms with Gasteiger partial charge >= 0.3 is 0 Å². The molecular formula is C30H35Cl2N3O5S. The Morgan fingerprint density at radius 1 is 0.927 bits per heavy atom. The number of carbonyl (C=O) groups is 2. The Kier molecular flexibility index (Phi) is 11.1. The summed E-state index contributed by atoms with van der Waals surface area (Å²) >= 11 is 12.3. The van der Waals surface area contributed by atoms with E-state index in [1.807, 2.05) is 20.8 Å². The van der Waals surface area contributed by atoms with E-state index in [1.165, 1.54) is 24.1 Å². The fourth-order valence-electron chi connectivity index (χ4n) is 3.98. The number of sulfonamides is 1. The topological polar surface area (TPSA) is 96.0 Å². The van der Waals surface area contributed by atoms with Gasteiger partial charge in [-0.15, -0.1) is 0 Å². The molecule has 0 saturated carbocycles. The van der Waals surface area contributed by atoms with Gasteiger partial charge in [-0.05, 0) is 73.9 Å². The van der Waals surface area contributed by atoms with Gasteiger partial charge in [0.05, 0.1) is 27.7 Å². The smallest absolute Gasteiger partial charge is 0.264 e. The molecule has 0 fully saturated rings. The van der Waals surface area contributed by atoms with Crippen LogP contribution in [0.2, 0.25) is 10.0 Å². The second-order valence-electron chi connectivity index (χ2n) is 10.1. The normalized spacial score (nSPS) is 12.1. The summed E-state index contributed by atoms with van der Waals surface area (Å²) in [5.41, 5.74) is 1.88. The molecule has 0 saturated heterocycles. The van der Waals surface area contributed by atoms with Crippen LogP contribution in [0.1, 0.15) is 31.9 Å². The first-order chi connectivity index (χ1) is 19.3. The van der Waals surface area contributed by atoms with E-state index in [0.717, 1.165) is 9.87 Å². The lowest BCUT2D eigenvalue weighted by Gasteiger charge is -2.32. The molecule has 11 heteroatoms. The second-order valence-corrected chi connectivity index (χ2v) is 12.8. The van der Waals surface area contributed by atoms with Crippen molar-refractivity contribution in [1.29, 1.82) is 0 Å². The van der Waals surface area contributed by atoms with Crippen LogP contribution in [0.25, 0.3) is 0 Å². The van der Waals surface area contributed by atoms with Crippen molar-refractivity contribution in [3.05, 3.63) is 87.9 Å². The number of aryl methyl sites for hydroxylation is 1. The van der Waals surface area contributed by atoms with Crippen molar-refractivity contribution >= 4 is 50.7 Å². The van der Waals surface area contributed by atoms with Crippen molar-refractivity contribution in [3.8, 4) is 5.75 Å². The summed E-state index contributed by atoms with van der Waals surface area (Å²) in [5, 5.41) is 3.51. The third kappa shape index (κ3) is 8.38. The summed E-state index contributed by atoms with van der Waals surface area (Å²) in [6, 6.07) is 16.8. The molecule has 8 nitrogen and oxygen atoms in total. The highest BCUT2D eigenvalue weighted by Crippen LogP contribution is 2.27. The number of rotatable bonds is 12. The Hall–Kier alpha value is -3.27. The SMILES string of the molecule is COc1ccc(S(=O)(=O)N(CC(=O)N(Cc2ccc(Cl)c(Cl)c2)[C@H](C)C(=O)NCC(C)C)c2ccc(C)cc2)cc1. The van der Waals surface area contributed by atoms with Crippen LogP contribution in [0, 0.1) is 12.8 Å². The predicted octanol–water partition coefficient (Wildman–Crippen LogP) is 5.70. The minimum Gasteiger partial charge on any atom is -0.497 e. The lowest BCUT2D eigenvalue weighted by atomic mass is 10.1. The molecule has 0 unspecified atom stereocenters. The van der Waals surface area contributed by atoms with Gasteiger partial charge in [-0.2, -0.15) is 0 Å². The molecule has 3 aromatic carbocycles. The monoisotopic (exact) mass is 619 g/mol. The summed E-state index contributed by atoms with van der Waals surface area (Å²) < 4.78 is 34.0. The average molecular weight is 621 g/mol. The second kappa shape index (κ2) is 14.1. The highest BCUT2D eigenvalue weighted by molar-refractivity contribution is 7.92. The first-order valence-electron chi connectivity index (χ1n) is 13.1. The highest BCUT2D eigenvalue weighted by atomic mass is 35.5. The minimum absolute atomic E-state index is 0.00886. The molecule has 220 valence electrons. The van der Waals surface area contributed by atoms with Crippen LogP contribution in [-0.4, -0.2) is 51.4 Å². The van der Waals surface area contributed by atoms with E-state index in [4.69, 9.17) is 27.9 Å². The van der Waals surface area contributed by atoms with E-state index in [0.29, 0.717) is 33.6 Å². The number of hydrogen-bond donors (Lipinski definition) is 1. The van der Waals surface area contributed by atoms with Crippen LogP contribution in [0.15, 0.2) is 71.6 Å². The maximum absolute atomic E-state index is 14.0. The predicted molar refractivity (Wildman–Crippen MR) is 163 cm³/mol. The van der Waals surface area contributed by atoms with Gasteiger partial charge in [0, 0.05) is 13.1 Å². The van der Waals surface area contributed by atoms with Crippen molar-refractivity contribution in [1.82, 2.24) is 10.2 Å². The zero-order valence-electron chi connectivity index (χ0n) is 23.7. The summed E-state index contributed by atoms with van der Waals surface area (Å²) in [5.74, 6) is -0.221. The van der Waals surface area contributed by atoms with Gasteiger partial charge in [0.25, 0.3) is 10.0 Å². The molecule has 0 heterocycles. The Labute approximate surface area is 252 Å². The third-order valence-corrected chi connectivity index (χ3v) is 8.96. The molecule has 1 N–H and O–H groups in total. The van der Waals surface area contributed by atoms with Gasteiger partial charge in [-0.25, -0.2) is 8.42 Å². The molecule has 1 atom stereocenters. The number of nitrogens with one attached hydrogen (secondary N) is 1. The molecule has 0 radical (unpaired) electrons. The number of amides is 2. The third-order valence-electron chi connectivity index (χ3n) is 6.44. The first-order valence-corrected chi connectivity index (χ1v) is 15.3. The van der Waals surface area contributed by atoms with Crippen molar-refractivity contribution < 1.29 is 22.7 Å². The standard InChI is InChI=1S/C30H35Cl2N3O5S/c1-20(2)17-33-30(37)22(4)34(18-23-8-15-27(31)28(32)16-23)29(36)19-35(24-9-6-21(3)7-10-24)41(38,39)26-13-11-25(40-5)12-14-26/h6-16,20,22H,17-19H2,1-5H3,(H,33,37)/t22-/m1/s1. The Morgan fingerprint density at radius 3 is 2.12 bits per heavy atom. The van der Waals surface area contributed by atoms with Crippen LogP contribution >= 0.6 is 23.2 Å². The molecule has 0 spiro atoms. The lowest BCUT2D eigenvalue weighted by Crippen LogP contribution is -2.51. The van der Waals surface area contributed by atoms with E-state index in [2.05, 4.69) is 5.32 Å². The van der Waals surface area contributed by atoms with Crippen molar-refractivity contribution in [3.63, 3.8) is 0 Å². The summed E-state index contributed by atoms with van der Waals surface area (Å²) in [6.07, 6.45) is 0. The summed E-state index contributed by atoms with van der Waals surface area (Å²) in [6.45, 7) is 7.32. The number of carbonyl (C=O) groups excluding carboxylic acids is 2. The number of anilines is 1. The maximum Gasteiger partial charge on any atom is 0.264 e. The molecule has 0 aliphatic carbocycles. The van der Waals surface area contributed by atoms with Gasteiger partial charge in [0.2, 0.25) is 11.8 Å². The Morgan fingerprint density at radius 2 is 1.56 bits per heavy atom. The van der Waals surface area contributed by atoms with Gasteiger partial charge in [-0.1, -0.05) is 60.8 Å². The van der Waals surface area contributed by atoms with Crippen molar-refractivity contribution in [2.45, 2.75) is 45.2 Å². The fraction of sp³-hybridized carbons (Fsp3) is 0.333. The number of ether oxygens (including phenoxy) is 1. The van der Waals surface area contributed by atoms with Gasteiger partial charge < -0.3 is 15.0 Å². The largest absolute Gasteiger partial charge is 0.497 e. The molecular weight excluding hydrogens is 585 g/mol. The Balaban J connectivity index is 2.02. The van der Waals surface area contributed by atoms with Crippen LogP contribution < -0.4 is 14.4 Å². The number of hydrogen-bond acceptors (Lipinski definition) is 5. The fourth-order valence-corrected chi connectivity index (χ4v) is 5.72. The number of halogens is 2. The molecule has 2 amide bonds. The molecule has 41 heavy (non-hydrogen) atoms. The van der Waals surface area contributed by atoms with E-state index >= 15 is 0 Å². The zero-order valence-corrected chi connectivity index (χ0v) is 26.1. The first kappa shape index (κ1) is 32.2.